The molecule has 0 saturated heterocycles. The van der Waals surface area contributed by atoms with Crippen molar-refractivity contribution in [3.63, 3.8) is 0 Å². The Balaban J connectivity index is 2.24. The summed E-state index contributed by atoms with van der Waals surface area (Å²) in [4.78, 5) is 0. The average Bonchev–Trinajstić information content (AvgIpc) is 2.38. The minimum atomic E-state index is -4.61. The molecule has 0 atom stereocenters. The maximum Gasteiger partial charge on any atom is 0.416 e. The summed E-state index contributed by atoms with van der Waals surface area (Å²) in [6, 6.07) is 7.57. The Kier molecular flexibility index (Phi) is 4.78. The normalized spacial score (nSPS) is 11.5. The molecule has 7 heteroatoms. The molecule has 1 nitrogen and oxygen atoms in total. The van der Waals surface area contributed by atoms with Gasteiger partial charge in [-0.3, -0.25) is 0 Å². The van der Waals surface area contributed by atoms with Gasteiger partial charge in [-0.25, -0.2) is 4.39 Å². The van der Waals surface area contributed by atoms with Crippen molar-refractivity contribution in [2.45, 2.75) is 12.7 Å². The summed E-state index contributed by atoms with van der Waals surface area (Å²) in [5.41, 5.74) is -0.552. The van der Waals surface area contributed by atoms with Gasteiger partial charge < -0.3 is 5.32 Å². The molecule has 0 unspecified atom stereocenters. The molecule has 2 rings (SSSR count). The van der Waals surface area contributed by atoms with Crippen LogP contribution < -0.4 is 5.32 Å². The number of nitrogens with one attached hydrogen (secondary N) is 1. The van der Waals surface area contributed by atoms with Crippen LogP contribution in [0.5, 0.6) is 0 Å². The molecule has 0 spiro atoms. The zero-order chi connectivity index (χ0) is 15.6. The number of hydrogen-bond acceptors (Lipinski definition) is 1. The predicted octanol–water partition coefficient (Wildman–Crippen LogP) is 5.87. The van der Waals surface area contributed by atoms with E-state index in [4.69, 9.17) is 11.6 Å². The zero-order valence-corrected chi connectivity index (χ0v) is 12.8. The Labute approximate surface area is 132 Å². The lowest BCUT2D eigenvalue weighted by atomic mass is 10.1. The summed E-state index contributed by atoms with van der Waals surface area (Å²) in [5, 5.41) is 3.19. The summed E-state index contributed by atoms with van der Waals surface area (Å²) in [7, 11) is 0. The van der Waals surface area contributed by atoms with Gasteiger partial charge in [0.25, 0.3) is 0 Å². The van der Waals surface area contributed by atoms with Crippen molar-refractivity contribution in [2.24, 2.45) is 0 Å². The van der Waals surface area contributed by atoms with Crippen LogP contribution in [0, 0.1) is 5.82 Å². The fraction of sp³-hybridized carbons (Fsp3) is 0.143. The highest BCUT2D eigenvalue weighted by atomic mass is 79.9. The zero-order valence-electron chi connectivity index (χ0n) is 10.4. The van der Waals surface area contributed by atoms with Gasteiger partial charge in [0.15, 0.2) is 0 Å². The maximum absolute atomic E-state index is 13.0. The van der Waals surface area contributed by atoms with Crippen LogP contribution in [0.4, 0.5) is 23.2 Å². The van der Waals surface area contributed by atoms with Gasteiger partial charge in [0, 0.05) is 11.0 Å². The van der Waals surface area contributed by atoms with Gasteiger partial charge in [-0.2, -0.15) is 13.2 Å². The van der Waals surface area contributed by atoms with Crippen LogP contribution in [0.1, 0.15) is 11.1 Å². The molecule has 0 aromatic heterocycles. The first kappa shape index (κ1) is 16.1. The van der Waals surface area contributed by atoms with Crippen molar-refractivity contribution < 1.29 is 17.6 Å². The van der Waals surface area contributed by atoms with Crippen molar-refractivity contribution in [3.8, 4) is 0 Å². The number of alkyl halides is 3. The van der Waals surface area contributed by atoms with E-state index in [-0.39, 0.29) is 12.1 Å². The molecular weight excluding hydrogens is 374 g/mol. The van der Waals surface area contributed by atoms with Gasteiger partial charge in [0.2, 0.25) is 0 Å². The summed E-state index contributed by atoms with van der Waals surface area (Å²) >= 11 is 9.21. The Hall–Kier alpha value is -1.27. The van der Waals surface area contributed by atoms with Crippen LogP contribution >= 0.6 is 27.5 Å². The van der Waals surface area contributed by atoms with Gasteiger partial charge in [-0.15, -0.1) is 0 Å². The number of halogens is 6. The van der Waals surface area contributed by atoms with Gasteiger partial charge in [0.1, 0.15) is 5.82 Å². The van der Waals surface area contributed by atoms with Crippen LogP contribution in [0.25, 0.3) is 0 Å². The van der Waals surface area contributed by atoms with E-state index in [1.54, 1.807) is 18.2 Å². The van der Waals surface area contributed by atoms with Crippen LogP contribution in [0.15, 0.2) is 40.9 Å². The topological polar surface area (TPSA) is 12.0 Å². The van der Waals surface area contributed by atoms with Gasteiger partial charge in [-0.1, -0.05) is 33.6 Å². The van der Waals surface area contributed by atoms with Crippen molar-refractivity contribution >= 4 is 33.2 Å². The second-order valence-corrected chi connectivity index (χ2v) is 5.60. The van der Waals surface area contributed by atoms with E-state index < -0.39 is 17.6 Å². The summed E-state index contributed by atoms with van der Waals surface area (Å²) in [5.74, 6) is -0.923. The highest BCUT2D eigenvalue weighted by Gasteiger charge is 2.33. The third kappa shape index (κ3) is 4.11. The highest BCUT2D eigenvalue weighted by Crippen LogP contribution is 2.33. The molecule has 0 heterocycles. The second kappa shape index (κ2) is 6.23. The monoisotopic (exact) mass is 381 g/mol. The van der Waals surface area contributed by atoms with E-state index in [2.05, 4.69) is 21.2 Å². The highest BCUT2D eigenvalue weighted by molar-refractivity contribution is 9.10. The molecule has 0 amide bonds. The van der Waals surface area contributed by atoms with Crippen molar-refractivity contribution in [2.75, 3.05) is 5.32 Å². The first-order chi connectivity index (χ1) is 9.77. The van der Waals surface area contributed by atoms with Gasteiger partial charge >= 0.3 is 6.18 Å². The van der Waals surface area contributed by atoms with Crippen LogP contribution in [-0.2, 0) is 12.7 Å². The van der Waals surface area contributed by atoms with E-state index >= 15 is 0 Å². The molecule has 112 valence electrons. The lowest BCUT2D eigenvalue weighted by Crippen LogP contribution is -2.12. The summed E-state index contributed by atoms with van der Waals surface area (Å²) in [6.07, 6.45) is -4.61. The lowest BCUT2D eigenvalue weighted by molar-refractivity contribution is -0.138. The van der Waals surface area contributed by atoms with Crippen LogP contribution in [0.2, 0.25) is 5.02 Å². The van der Waals surface area contributed by atoms with Crippen molar-refractivity contribution in [1.29, 1.82) is 0 Å². The molecular formula is C14H9BrClF4N. The molecule has 0 fully saturated rings. The Morgan fingerprint density at radius 2 is 1.81 bits per heavy atom. The van der Waals surface area contributed by atoms with Crippen LogP contribution in [-0.4, -0.2) is 0 Å². The van der Waals surface area contributed by atoms with Gasteiger partial charge in [0.05, 0.1) is 16.3 Å². The standard InChI is InChI=1S/C14H9BrClF4N/c15-9-2-4-13(12(16)5-9)21-7-8-1-3-10(17)6-11(8)14(18,19)20/h1-6,21H,7H2. The van der Waals surface area contributed by atoms with E-state index in [0.29, 0.717) is 16.8 Å². The lowest BCUT2D eigenvalue weighted by Gasteiger charge is -2.15. The molecule has 0 aliphatic rings. The fourth-order valence-electron chi connectivity index (χ4n) is 1.79. The first-order valence-corrected chi connectivity index (χ1v) is 6.99. The van der Waals surface area contributed by atoms with E-state index in [0.717, 1.165) is 16.6 Å². The van der Waals surface area contributed by atoms with Crippen molar-refractivity contribution in [3.05, 3.63) is 62.8 Å². The SMILES string of the molecule is Fc1ccc(CNc2ccc(Br)cc2Cl)c(C(F)(F)F)c1. The number of hydrogen-bond donors (Lipinski definition) is 1. The largest absolute Gasteiger partial charge is 0.416 e. The molecule has 21 heavy (non-hydrogen) atoms. The van der Waals surface area contributed by atoms with Crippen molar-refractivity contribution in [1.82, 2.24) is 0 Å². The van der Waals surface area contributed by atoms with E-state index in [1.165, 1.54) is 0 Å². The van der Waals surface area contributed by atoms with E-state index in [9.17, 15) is 17.6 Å². The summed E-state index contributed by atoms with van der Waals surface area (Å²) in [6.45, 7) is -0.115. The fourth-order valence-corrected chi connectivity index (χ4v) is 2.53. The number of rotatable bonds is 3. The van der Waals surface area contributed by atoms with Gasteiger partial charge in [-0.05, 0) is 35.9 Å². The molecule has 0 aliphatic heterocycles. The maximum atomic E-state index is 13.0. The molecule has 2 aromatic carbocycles. The molecule has 2 aromatic rings. The minimum absolute atomic E-state index is 0.0529. The molecule has 0 bridgehead atoms. The average molecular weight is 383 g/mol. The third-order valence-electron chi connectivity index (χ3n) is 2.78. The van der Waals surface area contributed by atoms with E-state index in [1.807, 2.05) is 0 Å². The minimum Gasteiger partial charge on any atom is -0.380 e. The van der Waals surface area contributed by atoms with Crippen LogP contribution in [0.3, 0.4) is 0 Å². The number of benzene rings is 2. The Morgan fingerprint density at radius 1 is 1.10 bits per heavy atom. The predicted molar refractivity (Wildman–Crippen MR) is 77.9 cm³/mol. The Bertz CT molecular complexity index is 658. The molecule has 1 N–H and O–H groups in total. The second-order valence-electron chi connectivity index (χ2n) is 4.28. The third-order valence-corrected chi connectivity index (χ3v) is 3.58. The molecule has 0 aliphatic carbocycles. The first-order valence-electron chi connectivity index (χ1n) is 5.82. The number of anilines is 1. The molecule has 0 radical (unpaired) electrons. The molecule has 0 saturated carbocycles. The smallest absolute Gasteiger partial charge is 0.380 e. The Morgan fingerprint density at radius 3 is 2.43 bits per heavy atom. The summed E-state index contributed by atoms with van der Waals surface area (Å²) < 4.78 is 52.3. The quantitative estimate of drug-likeness (QED) is 0.654.